The number of piperazine rings is 1. The molecule has 0 aliphatic carbocycles. The molecule has 0 bridgehead atoms. The van der Waals surface area contributed by atoms with Crippen molar-refractivity contribution in [3.63, 3.8) is 0 Å². The van der Waals surface area contributed by atoms with Crippen molar-refractivity contribution in [1.82, 2.24) is 9.80 Å². The van der Waals surface area contributed by atoms with Crippen molar-refractivity contribution in [2.24, 2.45) is 0 Å². The zero-order chi connectivity index (χ0) is 15.5. The van der Waals surface area contributed by atoms with Crippen LogP contribution in [0.5, 0.6) is 0 Å². The molecule has 0 unspecified atom stereocenters. The number of carbonyl (C=O) groups is 1. The summed E-state index contributed by atoms with van der Waals surface area (Å²) in [5.74, 6) is -0.383. The molecule has 116 valence electrons. The van der Waals surface area contributed by atoms with Crippen molar-refractivity contribution in [3.05, 3.63) is 56.4 Å². The summed E-state index contributed by atoms with van der Waals surface area (Å²) in [7, 11) is 0. The lowest BCUT2D eigenvalue weighted by atomic mass is 10.1. The van der Waals surface area contributed by atoms with E-state index < -0.39 is 0 Å². The summed E-state index contributed by atoms with van der Waals surface area (Å²) >= 11 is 5.03. The Bertz CT molecular complexity index is 654. The van der Waals surface area contributed by atoms with E-state index >= 15 is 0 Å². The van der Waals surface area contributed by atoms with E-state index in [0.717, 1.165) is 19.6 Å². The Morgan fingerprint density at radius 2 is 2.00 bits per heavy atom. The standard InChI is InChI=1S/C16H16BrFN2OS/c17-15-10-12(18)3-4-14(15)16(21)20-7-5-19(6-8-20)11-13-2-1-9-22-13/h1-4,9-10H,5-8,11H2. The van der Waals surface area contributed by atoms with Gasteiger partial charge in [-0.05, 0) is 45.6 Å². The topological polar surface area (TPSA) is 23.6 Å². The van der Waals surface area contributed by atoms with Gasteiger partial charge in [0.15, 0.2) is 0 Å². The normalized spacial score (nSPS) is 16.0. The number of hydrogen-bond acceptors (Lipinski definition) is 3. The second-order valence-electron chi connectivity index (χ2n) is 5.27. The van der Waals surface area contributed by atoms with E-state index in [4.69, 9.17) is 0 Å². The van der Waals surface area contributed by atoms with Gasteiger partial charge >= 0.3 is 0 Å². The Balaban J connectivity index is 1.60. The number of thiophene rings is 1. The van der Waals surface area contributed by atoms with E-state index in [-0.39, 0.29) is 11.7 Å². The molecule has 22 heavy (non-hydrogen) atoms. The summed E-state index contributed by atoms with van der Waals surface area (Å²) in [6, 6.07) is 8.40. The van der Waals surface area contributed by atoms with Crippen molar-refractivity contribution in [3.8, 4) is 0 Å². The fraction of sp³-hybridized carbons (Fsp3) is 0.312. The first-order chi connectivity index (χ1) is 10.6. The summed E-state index contributed by atoms with van der Waals surface area (Å²) in [6.45, 7) is 4.08. The quantitative estimate of drug-likeness (QED) is 0.809. The van der Waals surface area contributed by atoms with Gasteiger partial charge in [0.05, 0.1) is 5.56 Å². The lowest BCUT2D eigenvalue weighted by Crippen LogP contribution is -2.48. The van der Waals surface area contributed by atoms with Crippen molar-refractivity contribution in [1.29, 1.82) is 0 Å². The third-order valence-electron chi connectivity index (χ3n) is 3.78. The summed E-state index contributed by atoms with van der Waals surface area (Å²) < 4.78 is 13.6. The van der Waals surface area contributed by atoms with E-state index in [1.54, 1.807) is 17.4 Å². The summed E-state index contributed by atoms with van der Waals surface area (Å²) in [5.41, 5.74) is 0.521. The fourth-order valence-electron chi connectivity index (χ4n) is 2.57. The van der Waals surface area contributed by atoms with Crippen LogP contribution in [0.1, 0.15) is 15.2 Å². The SMILES string of the molecule is O=C(c1ccc(F)cc1Br)N1CCN(Cc2cccs2)CC1. The van der Waals surface area contributed by atoms with E-state index in [2.05, 4.69) is 38.3 Å². The summed E-state index contributed by atoms with van der Waals surface area (Å²) in [4.78, 5) is 18.1. The van der Waals surface area contributed by atoms with Gasteiger partial charge in [-0.15, -0.1) is 11.3 Å². The molecule has 1 aliphatic heterocycles. The van der Waals surface area contributed by atoms with Crippen molar-refractivity contribution < 1.29 is 9.18 Å². The van der Waals surface area contributed by atoms with Gasteiger partial charge in [-0.2, -0.15) is 0 Å². The molecule has 1 saturated heterocycles. The Hall–Kier alpha value is -1.24. The number of hydrogen-bond donors (Lipinski definition) is 0. The minimum absolute atomic E-state index is 0.0392. The highest BCUT2D eigenvalue weighted by Gasteiger charge is 2.23. The van der Waals surface area contributed by atoms with Crippen LogP contribution in [0.3, 0.4) is 0 Å². The van der Waals surface area contributed by atoms with Crippen LogP contribution in [0, 0.1) is 5.82 Å². The van der Waals surface area contributed by atoms with Gasteiger partial charge in [-0.25, -0.2) is 4.39 Å². The van der Waals surface area contributed by atoms with E-state index in [1.165, 1.54) is 17.0 Å². The summed E-state index contributed by atoms with van der Waals surface area (Å²) in [5, 5.41) is 2.08. The highest BCUT2D eigenvalue weighted by atomic mass is 79.9. The number of halogens is 2. The van der Waals surface area contributed by atoms with Crippen molar-refractivity contribution >= 4 is 33.2 Å². The van der Waals surface area contributed by atoms with E-state index in [1.807, 2.05) is 4.90 Å². The maximum Gasteiger partial charge on any atom is 0.255 e. The number of carbonyl (C=O) groups excluding carboxylic acids is 1. The van der Waals surface area contributed by atoms with Crippen LogP contribution in [0.15, 0.2) is 40.2 Å². The molecule has 1 fully saturated rings. The second-order valence-corrected chi connectivity index (χ2v) is 7.16. The summed E-state index contributed by atoms with van der Waals surface area (Å²) in [6.07, 6.45) is 0. The Labute approximate surface area is 141 Å². The lowest BCUT2D eigenvalue weighted by Gasteiger charge is -2.34. The first kappa shape index (κ1) is 15.6. The number of amides is 1. The Kier molecular flexibility index (Phi) is 4.90. The molecule has 0 N–H and O–H groups in total. The van der Waals surface area contributed by atoms with Gasteiger partial charge in [-0.3, -0.25) is 9.69 Å². The molecule has 0 radical (unpaired) electrons. The van der Waals surface area contributed by atoms with Crippen LogP contribution in [-0.2, 0) is 6.54 Å². The van der Waals surface area contributed by atoms with Crippen molar-refractivity contribution in [2.75, 3.05) is 26.2 Å². The van der Waals surface area contributed by atoms with Crippen LogP contribution < -0.4 is 0 Å². The maximum atomic E-state index is 13.1. The van der Waals surface area contributed by atoms with Crippen LogP contribution >= 0.6 is 27.3 Å². The van der Waals surface area contributed by atoms with Gasteiger partial charge in [0.2, 0.25) is 0 Å². The molecule has 1 aromatic heterocycles. The molecule has 2 aromatic rings. The van der Waals surface area contributed by atoms with Gasteiger partial charge in [0.1, 0.15) is 5.82 Å². The third kappa shape index (κ3) is 3.56. The van der Waals surface area contributed by atoms with Gasteiger partial charge in [-0.1, -0.05) is 6.07 Å². The number of benzene rings is 1. The minimum Gasteiger partial charge on any atom is -0.336 e. The molecular formula is C16H16BrFN2OS. The molecule has 0 saturated carbocycles. The predicted molar refractivity (Wildman–Crippen MR) is 89.6 cm³/mol. The highest BCUT2D eigenvalue weighted by molar-refractivity contribution is 9.10. The van der Waals surface area contributed by atoms with Crippen LogP contribution in [0.25, 0.3) is 0 Å². The molecule has 2 heterocycles. The third-order valence-corrected chi connectivity index (χ3v) is 5.30. The Morgan fingerprint density at radius 1 is 1.23 bits per heavy atom. The molecule has 0 spiro atoms. The maximum absolute atomic E-state index is 13.1. The molecule has 0 atom stereocenters. The Morgan fingerprint density at radius 3 is 2.64 bits per heavy atom. The lowest BCUT2D eigenvalue weighted by molar-refractivity contribution is 0.0628. The zero-order valence-electron chi connectivity index (χ0n) is 12.0. The largest absolute Gasteiger partial charge is 0.336 e. The first-order valence-electron chi connectivity index (χ1n) is 7.12. The molecule has 3 nitrogen and oxygen atoms in total. The smallest absolute Gasteiger partial charge is 0.255 e. The highest BCUT2D eigenvalue weighted by Crippen LogP contribution is 2.21. The van der Waals surface area contributed by atoms with Crippen LogP contribution in [0.4, 0.5) is 4.39 Å². The van der Waals surface area contributed by atoms with E-state index in [0.29, 0.717) is 23.1 Å². The van der Waals surface area contributed by atoms with Crippen LogP contribution in [-0.4, -0.2) is 41.9 Å². The minimum atomic E-state index is -0.343. The predicted octanol–water partition coefficient (Wildman–Crippen LogP) is 3.61. The van der Waals surface area contributed by atoms with Gasteiger partial charge in [0.25, 0.3) is 5.91 Å². The number of nitrogens with zero attached hydrogens (tertiary/aromatic N) is 2. The average Bonchev–Trinajstić information content (AvgIpc) is 3.00. The molecular weight excluding hydrogens is 367 g/mol. The van der Waals surface area contributed by atoms with Crippen molar-refractivity contribution in [2.45, 2.75) is 6.54 Å². The first-order valence-corrected chi connectivity index (χ1v) is 8.80. The van der Waals surface area contributed by atoms with Crippen LogP contribution in [0.2, 0.25) is 0 Å². The molecule has 1 aromatic carbocycles. The second kappa shape index (κ2) is 6.89. The fourth-order valence-corrected chi connectivity index (χ4v) is 3.83. The molecule has 3 rings (SSSR count). The monoisotopic (exact) mass is 382 g/mol. The molecule has 1 aliphatic rings. The van der Waals surface area contributed by atoms with Gasteiger partial charge in [0, 0.05) is 42.1 Å². The molecule has 6 heteroatoms. The van der Waals surface area contributed by atoms with Gasteiger partial charge < -0.3 is 4.90 Å². The van der Waals surface area contributed by atoms with E-state index in [9.17, 15) is 9.18 Å². The average molecular weight is 383 g/mol. The zero-order valence-corrected chi connectivity index (χ0v) is 14.4. The number of rotatable bonds is 3. The molecule has 1 amide bonds.